The second-order valence-electron chi connectivity index (χ2n) is 5.31. The first-order valence-electron chi connectivity index (χ1n) is 7.08. The van der Waals surface area contributed by atoms with Crippen LogP contribution < -0.4 is 4.90 Å². The fraction of sp³-hybridized carbons (Fsp3) is 0.375. The van der Waals surface area contributed by atoms with Gasteiger partial charge in [-0.1, -0.05) is 0 Å². The van der Waals surface area contributed by atoms with Crippen molar-refractivity contribution in [2.45, 2.75) is 18.9 Å². The summed E-state index contributed by atoms with van der Waals surface area (Å²) in [6.45, 7) is 1.67. The van der Waals surface area contributed by atoms with Crippen LogP contribution in [0.5, 0.6) is 0 Å². The lowest BCUT2D eigenvalue weighted by Crippen LogP contribution is -2.32. The van der Waals surface area contributed by atoms with E-state index in [1.165, 1.54) is 6.20 Å². The van der Waals surface area contributed by atoms with Crippen molar-refractivity contribution in [2.75, 3.05) is 25.2 Å². The Labute approximate surface area is 123 Å². The van der Waals surface area contributed by atoms with Crippen molar-refractivity contribution >= 4 is 22.6 Å². The van der Waals surface area contributed by atoms with Crippen molar-refractivity contribution in [3.05, 3.63) is 36.0 Å². The molecule has 1 atom stereocenters. The van der Waals surface area contributed by atoms with Crippen molar-refractivity contribution in [1.82, 2.24) is 4.98 Å². The van der Waals surface area contributed by atoms with E-state index in [0.29, 0.717) is 29.1 Å². The number of hydrogen-bond donors (Lipinski definition) is 1. The number of aromatic carboxylic acids is 1. The first kappa shape index (κ1) is 13.8. The molecule has 0 aliphatic carbocycles. The van der Waals surface area contributed by atoms with Gasteiger partial charge in [0, 0.05) is 30.9 Å². The molecule has 1 N–H and O–H groups in total. The van der Waals surface area contributed by atoms with Crippen LogP contribution in [0.25, 0.3) is 10.9 Å². The first-order valence-corrected chi connectivity index (χ1v) is 7.08. The number of aromatic nitrogens is 1. The normalized spacial score (nSPS) is 18.3. The number of rotatable bonds is 4. The smallest absolute Gasteiger partial charge is 0.336 e. The van der Waals surface area contributed by atoms with Gasteiger partial charge in [0.2, 0.25) is 0 Å². The molecule has 21 heavy (non-hydrogen) atoms. The maximum absolute atomic E-state index is 11.4. The topological polar surface area (TPSA) is 62.7 Å². The van der Waals surface area contributed by atoms with Crippen molar-refractivity contribution in [1.29, 1.82) is 0 Å². The fourth-order valence-electron chi connectivity index (χ4n) is 3.04. The number of anilines is 1. The Morgan fingerprint density at radius 2 is 2.33 bits per heavy atom. The highest BCUT2D eigenvalue weighted by Gasteiger charge is 2.25. The van der Waals surface area contributed by atoms with Crippen molar-refractivity contribution < 1.29 is 14.6 Å². The molecular formula is C16H18N2O3. The highest BCUT2D eigenvalue weighted by molar-refractivity contribution is 6.03. The van der Waals surface area contributed by atoms with Crippen LogP contribution in [0.15, 0.2) is 30.5 Å². The number of carboxylic acids is 1. The summed E-state index contributed by atoms with van der Waals surface area (Å²) < 4.78 is 5.28. The largest absolute Gasteiger partial charge is 0.478 e. The minimum absolute atomic E-state index is 0.296. The van der Waals surface area contributed by atoms with E-state index in [9.17, 15) is 9.90 Å². The summed E-state index contributed by atoms with van der Waals surface area (Å²) in [5.74, 6) is -0.922. The summed E-state index contributed by atoms with van der Waals surface area (Å²) in [6, 6.07) is 7.73. The highest BCUT2D eigenvalue weighted by Crippen LogP contribution is 2.29. The predicted molar refractivity (Wildman–Crippen MR) is 80.9 cm³/mol. The van der Waals surface area contributed by atoms with Gasteiger partial charge in [0.15, 0.2) is 0 Å². The molecule has 1 unspecified atom stereocenters. The van der Waals surface area contributed by atoms with Gasteiger partial charge in [0.25, 0.3) is 0 Å². The fourth-order valence-corrected chi connectivity index (χ4v) is 3.04. The van der Waals surface area contributed by atoms with Gasteiger partial charge in [0.1, 0.15) is 0 Å². The molecule has 2 aromatic rings. The number of fused-ring (bicyclic) bond motifs is 1. The number of benzene rings is 1. The number of pyridine rings is 1. The molecule has 1 saturated heterocycles. The van der Waals surface area contributed by atoms with Crippen LogP contribution in [-0.4, -0.2) is 42.4 Å². The van der Waals surface area contributed by atoms with Gasteiger partial charge in [-0.3, -0.25) is 4.98 Å². The first-order chi connectivity index (χ1) is 10.2. The van der Waals surface area contributed by atoms with E-state index >= 15 is 0 Å². The van der Waals surface area contributed by atoms with E-state index in [1.54, 1.807) is 13.2 Å². The molecule has 1 aliphatic heterocycles. The quantitative estimate of drug-likeness (QED) is 0.936. The Hall–Kier alpha value is -2.14. The molecule has 0 spiro atoms. The molecular weight excluding hydrogens is 268 g/mol. The Bertz CT molecular complexity index is 672. The molecule has 1 aromatic carbocycles. The van der Waals surface area contributed by atoms with Crippen LogP contribution in [0.3, 0.4) is 0 Å². The average molecular weight is 286 g/mol. The Kier molecular flexibility index (Phi) is 3.75. The highest BCUT2D eigenvalue weighted by atomic mass is 16.5. The number of carboxylic acid groups (broad SMARTS) is 1. The van der Waals surface area contributed by atoms with E-state index in [2.05, 4.69) is 9.88 Å². The third-order valence-electron chi connectivity index (χ3n) is 4.02. The lowest BCUT2D eigenvalue weighted by atomic mass is 10.1. The Morgan fingerprint density at radius 3 is 3.10 bits per heavy atom. The second kappa shape index (κ2) is 5.69. The third kappa shape index (κ3) is 2.56. The monoisotopic (exact) mass is 286 g/mol. The molecule has 1 fully saturated rings. The average Bonchev–Trinajstić information content (AvgIpc) is 2.94. The lowest BCUT2D eigenvalue weighted by Gasteiger charge is -2.26. The minimum Gasteiger partial charge on any atom is -0.478 e. The maximum Gasteiger partial charge on any atom is 0.336 e. The summed E-state index contributed by atoms with van der Waals surface area (Å²) in [6.07, 6.45) is 3.77. The summed E-state index contributed by atoms with van der Waals surface area (Å²) in [5, 5.41) is 10.00. The SMILES string of the molecule is COCC1CCCN1c1ccc2nccc(C(=O)O)c2c1. The molecule has 2 heterocycles. The number of nitrogens with zero attached hydrogens (tertiary/aromatic N) is 2. The second-order valence-corrected chi connectivity index (χ2v) is 5.31. The van der Waals surface area contributed by atoms with Gasteiger partial charge < -0.3 is 14.7 Å². The minimum atomic E-state index is -0.922. The summed E-state index contributed by atoms with van der Waals surface area (Å²) in [7, 11) is 1.71. The molecule has 0 radical (unpaired) electrons. The Morgan fingerprint density at radius 1 is 1.48 bits per heavy atom. The molecule has 5 nitrogen and oxygen atoms in total. The molecule has 0 amide bonds. The third-order valence-corrected chi connectivity index (χ3v) is 4.02. The zero-order chi connectivity index (χ0) is 14.8. The number of methoxy groups -OCH3 is 1. The lowest BCUT2D eigenvalue weighted by molar-refractivity contribution is 0.0699. The van der Waals surface area contributed by atoms with Gasteiger partial charge in [-0.25, -0.2) is 4.79 Å². The maximum atomic E-state index is 11.4. The van der Waals surface area contributed by atoms with Crippen LogP contribution in [0.2, 0.25) is 0 Å². The Balaban J connectivity index is 2.04. The van der Waals surface area contributed by atoms with Gasteiger partial charge in [-0.15, -0.1) is 0 Å². The zero-order valence-electron chi connectivity index (χ0n) is 12.0. The molecule has 0 saturated carbocycles. The molecule has 1 aromatic heterocycles. The van der Waals surface area contributed by atoms with E-state index in [4.69, 9.17) is 4.74 Å². The molecule has 5 heteroatoms. The standard InChI is InChI=1S/C16H18N2O3/c1-21-10-12-3-2-8-18(12)11-4-5-15-14(9-11)13(16(19)20)6-7-17-15/h4-7,9,12H,2-3,8,10H2,1H3,(H,19,20). The summed E-state index contributed by atoms with van der Waals surface area (Å²) in [4.78, 5) is 17.9. The van der Waals surface area contributed by atoms with Crippen LogP contribution >= 0.6 is 0 Å². The predicted octanol–water partition coefficient (Wildman–Crippen LogP) is 2.55. The summed E-state index contributed by atoms with van der Waals surface area (Å²) >= 11 is 0. The molecule has 0 bridgehead atoms. The summed E-state index contributed by atoms with van der Waals surface area (Å²) in [5.41, 5.74) is 2.04. The number of carbonyl (C=O) groups is 1. The van der Waals surface area contributed by atoms with Gasteiger partial charge in [-0.05, 0) is 37.1 Å². The van der Waals surface area contributed by atoms with Crippen LogP contribution in [0, 0.1) is 0 Å². The number of hydrogen-bond acceptors (Lipinski definition) is 4. The van der Waals surface area contributed by atoms with Crippen LogP contribution in [0.1, 0.15) is 23.2 Å². The van der Waals surface area contributed by atoms with E-state index in [1.807, 2.05) is 18.2 Å². The number of ether oxygens (including phenoxy) is 1. The van der Waals surface area contributed by atoms with Crippen molar-refractivity contribution in [3.8, 4) is 0 Å². The molecule has 1 aliphatic rings. The van der Waals surface area contributed by atoms with Crippen LogP contribution in [-0.2, 0) is 4.74 Å². The van der Waals surface area contributed by atoms with Gasteiger partial charge in [-0.2, -0.15) is 0 Å². The molecule has 3 rings (SSSR count). The van der Waals surface area contributed by atoms with Gasteiger partial charge in [0.05, 0.1) is 23.7 Å². The van der Waals surface area contributed by atoms with Crippen molar-refractivity contribution in [2.24, 2.45) is 0 Å². The van der Waals surface area contributed by atoms with E-state index in [0.717, 1.165) is 25.1 Å². The van der Waals surface area contributed by atoms with E-state index < -0.39 is 5.97 Å². The van der Waals surface area contributed by atoms with Crippen molar-refractivity contribution in [3.63, 3.8) is 0 Å². The molecule has 110 valence electrons. The zero-order valence-corrected chi connectivity index (χ0v) is 12.0. The van der Waals surface area contributed by atoms with Crippen LogP contribution in [0.4, 0.5) is 5.69 Å². The van der Waals surface area contributed by atoms with Gasteiger partial charge >= 0.3 is 5.97 Å². The van der Waals surface area contributed by atoms with E-state index in [-0.39, 0.29) is 0 Å².